The van der Waals surface area contributed by atoms with E-state index in [0.29, 0.717) is 36.1 Å². The van der Waals surface area contributed by atoms with Crippen molar-refractivity contribution >= 4 is 40.7 Å². The molecule has 0 saturated carbocycles. The summed E-state index contributed by atoms with van der Waals surface area (Å²) in [6.07, 6.45) is 0. The second kappa shape index (κ2) is 12.8. The Bertz CT molecular complexity index is 790. The molecular weight excluding hydrogens is 495 g/mol. The van der Waals surface area contributed by atoms with Crippen LogP contribution in [0.25, 0.3) is 0 Å². The number of guanidine groups is 1. The number of rotatable bonds is 8. The number of hydrogen-bond acceptors (Lipinski definition) is 2. The van der Waals surface area contributed by atoms with E-state index in [1.807, 2.05) is 44.2 Å². The van der Waals surface area contributed by atoms with Gasteiger partial charge in [-0.25, -0.2) is 8.78 Å². The Hall–Kier alpha value is -1.55. The average molecular weight is 521 g/mol. The van der Waals surface area contributed by atoms with Crippen molar-refractivity contribution in [1.29, 1.82) is 0 Å². The van der Waals surface area contributed by atoms with Crippen molar-refractivity contribution < 1.29 is 13.0 Å². The molecule has 8 heteroatoms. The van der Waals surface area contributed by atoms with Crippen LogP contribution >= 0.6 is 24.0 Å². The number of nitrogens with one attached hydrogen (secondary N) is 2. The third-order valence-electron chi connectivity index (χ3n) is 3.90. The lowest BCUT2D eigenvalue weighted by molar-refractivity contribution is 0.504. The van der Waals surface area contributed by atoms with Crippen molar-refractivity contribution in [2.45, 2.75) is 25.6 Å². The van der Waals surface area contributed by atoms with Crippen LogP contribution in [0.3, 0.4) is 0 Å². The smallest absolute Gasteiger partial charge is 0.191 e. The molecule has 2 aromatic rings. The number of halogens is 3. The molecule has 28 heavy (non-hydrogen) atoms. The molecule has 2 aromatic carbocycles. The van der Waals surface area contributed by atoms with Crippen LogP contribution in [0, 0.1) is 11.6 Å². The zero-order chi connectivity index (χ0) is 19.6. The number of nitrogens with zero attached hydrogens (tertiary/aromatic N) is 1. The maximum Gasteiger partial charge on any atom is 0.191 e. The predicted octanol–water partition coefficient (Wildman–Crippen LogP) is 4.15. The first-order valence-electron chi connectivity index (χ1n) is 8.88. The Morgan fingerprint density at radius 2 is 1.86 bits per heavy atom. The maximum absolute atomic E-state index is 13.4. The molecule has 0 saturated heterocycles. The Balaban J connectivity index is 0.00000392. The predicted molar refractivity (Wildman–Crippen MR) is 122 cm³/mol. The van der Waals surface area contributed by atoms with E-state index in [-0.39, 0.29) is 30.0 Å². The molecule has 154 valence electrons. The largest absolute Gasteiger partial charge is 0.357 e. The van der Waals surface area contributed by atoms with Crippen LogP contribution in [-0.2, 0) is 16.6 Å². The lowest BCUT2D eigenvalue weighted by Crippen LogP contribution is -2.39. The molecular formula is C20H26F2IN3OS. The molecule has 2 unspecified atom stereocenters. The summed E-state index contributed by atoms with van der Waals surface area (Å²) < 4.78 is 38.7. The van der Waals surface area contributed by atoms with Crippen LogP contribution in [0.5, 0.6) is 0 Å². The minimum atomic E-state index is -1.000. The van der Waals surface area contributed by atoms with Gasteiger partial charge in [0, 0.05) is 28.9 Å². The highest BCUT2D eigenvalue weighted by molar-refractivity contribution is 14.0. The molecule has 0 radical (unpaired) electrons. The van der Waals surface area contributed by atoms with Crippen molar-refractivity contribution in [3.63, 3.8) is 0 Å². The number of aliphatic imine (C=N–C) groups is 1. The van der Waals surface area contributed by atoms with Crippen molar-refractivity contribution in [2.75, 3.05) is 18.8 Å². The van der Waals surface area contributed by atoms with Gasteiger partial charge in [0.1, 0.15) is 0 Å². The molecule has 0 amide bonds. The summed E-state index contributed by atoms with van der Waals surface area (Å²) in [7, 11) is -1.000. The van der Waals surface area contributed by atoms with Crippen LogP contribution in [0.2, 0.25) is 0 Å². The summed E-state index contributed by atoms with van der Waals surface area (Å²) in [5.74, 6) is -0.241. The first-order chi connectivity index (χ1) is 13.0. The van der Waals surface area contributed by atoms with Gasteiger partial charge in [0.05, 0.1) is 12.6 Å². The summed E-state index contributed by atoms with van der Waals surface area (Å²) >= 11 is 0. The molecule has 0 aliphatic heterocycles. The summed E-state index contributed by atoms with van der Waals surface area (Å²) in [5, 5.41) is 6.26. The second-order valence-corrected chi connectivity index (χ2v) is 7.65. The van der Waals surface area contributed by atoms with Crippen molar-refractivity contribution in [2.24, 2.45) is 4.99 Å². The first kappa shape index (κ1) is 24.5. The molecule has 2 atom stereocenters. The van der Waals surface area contributed by atoms with E-state index in [0.717, 1.165) is 11.6 Å². The fraction of sp³-hybridized carbons (Fsp3) is 0.350. The highest BCUT2D eigenvalue weighted by atomic mass is 127. The SMILES string of the molecule is CCNC(=NCCS(=O)Cc1ccccc1)NC(C)c1ccc(F)c(F)c1.I. The lowest BCUT2D eigenvalue weighted by Gasteiger charge is -2.18. The molecule has 2 N–H and O–H groups in total. The van der Waals surface area contributed by atoms with Crippen LogP contribution < -0.4 is 10.6 Å². The summed E-state index contributed by atoms with van der Waals surface area (Å²) in [5.41, 5.74) is 1.66. The van der Waals surface area contributed by atoms with Gasteiger partial charge in [-0.15, -0.1) is 24.0 Å². The molecule has 0 aromatic heterocycles. The van der Waals surface area contributed by atoms with Gasteiger partial charge in [0.15, 0.2) is 17.6 Å². The van der Waals surface area contributed by atoms with Gasteiger partial charge in [-0.05, 0) is 37.1 Å². The molecule has 2 rings (SSSR count). The summed E-state index contributed by atoms with van der Waals surface area (Å²) in [4.78, 5) is 4.43. The monoisotopic (exact) mass is 521 g/mol. The molecule has 0 spiro atoms. The molecule has 0 bridgehead atoms. The second-order valence-electron chi connectivity index (χ2n) is 6.07. The van der Waals surface area contributed by atoms with E-state index in [2.05, 4.69) is 15.6 Å². The van der Waals surface area contributed by atoms with Crippen LogP contribution in [-0.4, -0.2) is 29.0 Å². The van der Waals surface area contributed by atoms with Crippen molar-refractivity contribution in [1.82, 2.24) is 10.6 Å². The highest BCUT2D eigenvalue weighted by Gasteiger charge is 2.11. The van der Waals surface area contributed by atoms with Crippen LogP contribution in [0.4, 0.5) is 8.78 Å². The fourth-order valence-electron chi connectivity index (χ4n) is 2.48. The zero-order valence-corrected chi connectivity index (χ0v) is 19.1. The van der Waals surface area contributed by atoms with E-state index in [9.17, 15) is 13.0 Å². The third-order valence-corrected chi connectivity index (χ3v) is 5.19. The van der Waals surface area contributed by atoms with Gasteiger partial charge >= 0.3 is 0 Å². The Labute approximate surface area is 184 Å². The molecule has 0 heterocycles. The summed E-state index contributed by atoms with van der Waals surface area (Å²) in [6, 6.07) is 13.3. The quantitative estimate of drug-likeness (QED) is 0.312. The maximum atomic E-state index is 13.4. The van der Waals surface area contributed by atoms with Gasteiger partial charge in [0.25, 0.3) is 0 Å². The highest BCUT2D eigenvalue weighted by Crippen LogP contribution is 2.15. The molecule has 0 aliphatic carbocycles. The van der Waals surface area contributed by atoms with E-state index in [1.165, 1.54) is 12.1 Å². The van der Waals surface area contributed by atoms with Gasteiger partial charge in [0.2, 0.25) is 0 Å². The minimum absolute atomic E-state index is 0. The third kappa shape index (κ3) is 8.22. The molecule has 0 aliphatic rings. The minimum Gasteiger partial charge on any atom is -0.357 e. The van der Waals surface area contributed by atoms with Gasteiger partial charge in [-0.3, -0.25) is 9.20 Å². The van der Waals surface area contributed by atoms with Gasteiger partial charge < -0.3 is 10.6 Å². The number of hydrogen-bond donors (Lipinski definition) is 2. The summed E-state index contributed by atoms with van der Waals surface area (Å²) in [6.45, 7) is 4.84. The van der Waals surface area contributed by atoms with E-state index in [4.69, 9.17) is 0 Å². The molecule has 0 fully saturated rings. The number of benzene rings is 2. The van der Waals surface area contributed by atoms with Gasteiger partial charge in [-0.2, -0.15) is 0 Å². The van der Waals surface area contributed by atoms with E-state index >= 15 is 0 Å². The fourth-order valence-corrected chi connectivity index (χ4v) is 3.49. The van der Waals surface area contributed by atoms with Gasteiger partial charge in [-0.1, -0.05) is 36.4 Å². The van der Waals surface area contributed by atoms with Crippen LogP contribution in [0.1, 0.15) is 31.0 Å². The molecule has 4 nitrogen and oxygen atoms in total. The standard InChI is InChI=1S/C20H25F2N3OS.HI/c1-3-23-20(25-15(2)17-9-10-18(21)19(22)13-17)24-11-12-27(26)14-16-7-5-4-6-8-16;/h4-10,13,15H,3,11-12,14H2,1-2H3,(H2,23,24,25);1H. The van der Waals surface area contributed by atoms with Crippen molar-refractivity contribution in [3.05, 3.63) is 71.3 Å². The van der Waals surface area contributed by atoms with Crippen molar-refractivity contribution in [3.8, 4) is 0 Å². The van der Waals surface area contributed by atoms with E-state index < -0.39 is 22.4 Å². The topological polar surface area (TPSA) is 53.5 Å². The van der Waals surface area contributed by atoms with Crippen LogP contribution in [0.15, 0.2) is 53.5 Å². The Kier molecular flexibility index (Phi) is 11.2. The first-order valence-corrected chi connectivity index (χ1v) is 10.4. The normalized spacial score (nSPS) is 13.4. The zero-order valence-electron chi connectivity index (χ0n) is 16.0. The Morgan fingerprint density at radius 1 is 1.14 bits per heavy atom. The van der Waals surface area contributed by atoms with E-state index in [1.54, 1.807) is 0 Å². The Morgan fingerprint density at radius 3 is 2.50 bits per heavy atom. The lowest BCUT2D eigenvalue weighted by atomic mass is 10.1. The average Bonchev–Trinajstić information content (AvgIpc) is 2.65.